The van der Waals surface area contributed by atoms with Crippen LogP contribution in [0.4, 0.5) is 5.69 Å². The lowest BCUT2D eigenvalue weighted by molar-refractivity contribution is -0.116. The number of rotatable bonds is 6. The van der Waals surface area contributed by atoms with E-state index < -0.39 is 10.0 Å². The van der Waals surface area contributed by atoms with Crippen molar-refractivity contribution in [1.82, 2.24) is 4.31 Å². The van der Waals surface area contributed by atoms with Gasteiger partial charge in [0, 0.05) is 25.2 Å². The Morgan fingerprint density at radius 1 is 0.967 bits per heavy atom. The number of hydrogen-bond acceptors (Lipinski definition) is 3. The van der Waals surface area contributed by atoms with Gasteiger partial charge in [0.1, 0.15) is 0 Å². The molecule has 1 N–H and O–H groups in total. The van der Waals surface area contributed by atoms with E-state index in [0.717, 1.165) is 36.1 Å². The molecule has 0 aliphatic carbocycles. The van der Waals surface area contributed by atoms with E-state index in [2.05, 4.69) is 26.1 Å². The predicted molar refractivity (Wildman–Crippen MR) is 121 cm³/mol. The molecule has 1 heterocycles. The summed E-state index contributed by atoms with van der Waals surface area (Å²) in [5.41, 5.74) is 2.84. The average Bonchev–Trinajstić information content (AvgIpc) is 2.73. The van der Waals surface area contributed by atoms with Crippen LogP contribution in [0.15, 0.2) is 53.4 Å². The van der Waals surface area contributed by atoms with Crippen LogP contribution < -0.4 is 5.32 Å². The molecule has 0 spiro atoms. The Morgan fingerprint density at radius 2 is 1.60 bits per heavy atom. The number of carbonyl (C=O) groups excluding carboxylic acids is 1. The number of amides is 1. The van der Waals surface area contributed by atoms with Gasteiger partial charge in [0.05, 0.1) is 4.90 Å². The van der Waals surface area contributed by atoms with Crippen molar-refractivity contribution in [1.29, 1.82) is 0 Å². The van der Waals surface area contributed by atoms with E-state index in [1.807, 2.05) is 36.4 Å². The number of carbonyl (C=O) groups is 1. The molecular weight excluding hydrogens is 396 g/mol. The Balaban J connectivity index is 1.60. The van der Waals surface area contributed by atoms with Crippen molar-refractivity contribution in [3.8, 4) is 0 Å². The van der Waals surface area contributed by atoms with Gasteiger partial charge in [-0.15, -0.1) is 0 Å². The molecule has 1 aliphatic rings. The number of aryl methyl sites for hydroxylation is 1. The number of nitrogens with zero attached hydrogens (tertiary/aromatic N) is 1. The van der Waals surface area contributed by atoms with Crippen LogP contribution in [0.25, 0.3) is 0 Å². The zero-order chi connectivity index (χ0) is 21.8. The van der Waals surface area contributed by atoms with Gasteiger partial charge in [0.2, 0.25) is 15.9 Å². The minimum absolute atomic E-state index is 0.0447. The molecule has 0 aromatic heterocycles. The highest BCUT2D eigenvalue weighted by Gasteiger charge is 2.25. The van der Waals surface area contributed by atoms with Crippen molar-refractivity contribution in [2.45, 2.75) is 63.2 Å². The number of benzene rings is 2. The molecule has 1 aliphatic heterocycles. The number of hydrogen-bond donors (Lipinski definition) is 1. The molecule has 0 atom stereocenters. The normalized spacial score (nSPS) is 15.7. The van der Waals surface area contributed by atoms with E-state index >= 15 is 0 Å². The maximum atomic E-state index is 12.7. The van der Waals surface area contributed by atoms with Gasteiger partial charge < -0.3 is 5.32 Å². The molecule has 5 nitrogen and oxygen atoms in total. The molecule has 30 heavy (non-hydrogen) atoms. The summed E-state index contributed by atoms with van der Waals surface area (Å²) in [4.78, 5) is 12.8. The van der Waals surface area contributed by atoms with Gasteiger partial charge in [-0.05, 0) is 54.0 Å². The molecule has 1 amide bonds. The van der Waals surface area contributed by atoms with Crippen LogP contribution in [-0.4, -0.2) is 31.7 Å². The van der Waals surface area contributed by atoms with Crippen molar-refractivity contribution < 1.29 is 13.2 Å². The highest BCUT2D eigenvalue weighted by molar-refractivity contribution is 7.89. The first kappa shape index (κ1) is 22.5. The molecule has 1 fully saturated rings. The molecule has 0 radical (unpaired) electrons. The first-order valence-electron chi connectivity index (χ1n) is 10.7. The molecule has 0 saturated carbocycles. The summed E-state index contributed by atoms with van der Waals surface area (Å²) in [7, 11) is -3.42. The molecule has 2 aromatic carbocycles. The molecule has 0 bridgehead atoms. The lowest BCUT2D eigenvalue weighted by atomic mass is 9.86. The van der Waals surface area contributed by atoms with Crippen LogP contribution in [0.1, 0.15) is 57.6 Å². The maximum Gasteiger partial charge on any atom is 0.243 e. The summed E-state index contributed by atoms with van der Waals surface area (Å²) in [6, 6.07) is 14.8. The van der Waals surface area contributed by atoms with Crippen molar-refractivity contribution >= 4 is 21.6 Å². The Kier molecular flexibility index (Phi) is 6.98. The standard InChI is InChI=1S/C24H32N2O3S/c1-24(2,3)21-9-5-6-10-22(21)25-23(27)16-13-19-11-14-20(15-12-19)30(28,29)26-17-7-4-8-18-26/h5-6,9-12,14-15H,4,7-8,13,16-18H2,1-3H3,(H,25,27). The third kappa shape index (κ3) is 5.49. The summed E-state index contributed by atoms with van der Waals surface area (Å²) in [6.07, 6.45) is 3.84. The van der Waals surface area contributed by atoms with Crippen LogP contribution in [0.3, 0.4) is 0 Å². The lowest BCUT2D eigenvalue weighted by Gasteiger charge is -2.25. The van der Waals surface area contributed by atoms with E-state index in [9.17, 15) is 13.2 Å². The zero-order valence-corrected chi connectivity index (χ0v) is 19.0. The fourth-order valence-electron chi connectivity index (χ4n) is 3.80. The molecule has 6 heteroatoms. The molecule has 3 rings (SSSR count). The van der Waals surface area contributed by atoms with Gasteiger partial charge in [-0.1, -0.05) is 57.5 Å². The predicted octanol–water partition coefficient (Wildman–Crippen LogP) is 4.73. The zero-order valence-electron chi connectivity index (χ0n) is 18.1. The number of nitrogens with one attached hydrogen (secondary N) is 1. The van der Waals surface area contributed by atoms with E-state index in [0.29, 0.717) is 30.8 Å². The van der Waals surface area contributed by atoms with Gasteiger partial charge in [0.25, 0.3) is 0 Å². The molecule has 0 unspecified atom stereocenters. The Morgan fingerprint density at radius 3 is 2.23 bits per heavy atom. The molecule has 1 saturated heterocycles. The maximum absolute atomic E-state index is 12.7. The van der Waals surface area contributed by atoms with Gasteiger partial charge >= 0.3 is 0 Å². The summed E-state index contributed by atoms with van der Waals surface area (Å²) < 4.78 is 27.1. The Hall–Kier alpha value is -2.18. The summed E-state index contributed by atoms with van der Waals surface area (Å²) in [5.74, 6) is -0.0447. The number of para-hydroxylation sites is 1. The smallest absolute Gasteiger partial charge is 0.243 e. The third-order valence-electron chi connectivity index (χ3n) is 5.53. The van der Waals surface area contributed by atoms with Crippen molar-refractivity contribution in [3.05, 3.63) is 59.7 Å². The first-order valence-corrected chi connectivity index (χ1v) is 12.1. The van der Waals surface area contributed by atoms with Crippen LogP contribution >= 0.6 is 0 Å². The van der Waals surface area contributed by atoms with E-state index in [4.69, 9.17) is 0 Å². The number of piperidine rings is 1. The molecule has 162 valence electrons. The van der Waals surface area contributed by atoms with Crippen molar-refractivity contribution in [2.75, 3.05) is 18.4 Å². The second-order valence-electron chi connectivity index (χ2n) is 8.95. The Labute approximate surface area is 180 Å². The van der Waals surface area contributed by atoms with Crippen LogP contribution in [0.5, 0.6) is 0 Å². The highest BCUT2D eigenvalue weighted by atomic mass is 32.2. The fraction of sp³-hybridized carbons (Fsp3) is 0.458. The number of sulfonamides is 1. The minimum Gasteiger partial charge on any atom is -0.326 e. The van der Waals surface area contributed by atoms with Crippen molar-refractivity contribution in [3.63, 3.8) is 0 Å². The highest BCUT2D eigenvalue weighted by Crippen LogP contribution is 2.29. The second kappa shape index (κ2) is 9.31. The first-order chi connectivity index (χ1) is 14.2. The lowest BCUT2D eigenvalue weighted by Crippen LogP contribution is -2.35. The number of anilines is 1. The fourth-order valence-corrected chi connectivity index (χ4v) is 5.32. The van der Waals surface area contributed by atoms with Crippen LogP contribution in [0, 0.1) is 0 Å². The Bertz CT molecular complexity index is 970. The van der Waals surface area contributed by atoms with Crippen molar-refractivity contribution in [2.24, 2.45) is 0 Å². The van der Waals surface area contributed by atoms with Gasteiger partial charge in [-0.2, -0.15) is 4.31 Å². The topological polar surface area (TPSA) is 66.5 Å². The molecule has 2 aromatic rings. The SMILES string of the molecule is CC(C)(C)c1ccccc1NC(=O)CCc1ccc(S(=O)(=O)N2CCCCC2)cc1. The van der Waals surface area contributed by atoms with Gasteiger partial charge in [0.15, 0.2) is 0 Å². The summed E-state index contributed by atoms with van der Waals surface area (Å²) in [5, 5.41) is 3.02. The van der Waals surface area contributed by atoms with Gasteiger partial charge in [-0.3, -0.25) is 4.79 Å². The van der Waals surface area contributed by atoms with E-state index in [-0.39, 0.29) is 11.3 Å². The van der Waals surface area contributed by atoms with E-state index in [1.165, 1.54) is 0 Å². The van der Waals surface area contributed by atoms with Crippen LogP contribution in [-0.2, 0) is 26.7 Å². The summed E-state index contributed by atoms with van der Waals surface area (Å²) >= 11 is 0. The second-order valence-corrected chi connectivity index (χ2v) is 10.9. The summed E-state index contributed by atoms with van der Waals surface area (Å²) in [6.45, 7) is 7.56. The van der Waals surface area contributed by atoms with Gasteiger partial charge in [-0.25, -0.2) is 8.42 Å². The third-order valence-corrected chi connectivity index (χ3v) is 7.44. The monoisotopic (exact) mass is 428 g/mol. The molecular formula is C24H32N2O3S. The average molecular weight is 429 g/mol. The van der Waals surface area contributed by atoms with Crippen LogP contribution in [0.2, 0.25) is 0 Å². The quantitative estimate of drug-likeness (QED) is 0.723. The van der Waals surface area contributed by atoms with E-state index in [1.54, 1.807) is 16.4 Å². The minimum atomic E-state index is -3.42. The largest absolute Gasteiger partial charge is 0.326 e.